The number of hydrogen-bond acceptors (Lipinski definition) is 4. The van der Waals surface area contributed by atoms with E-state index in [1.165, 1.54) is 11.6 Å². The van der Waals surface area contributed by atoms with Gasteiger partial charge in [0.1, 0.15) is 5.82 Å². The minimum absolute atomic E-state index is 0.0230. The summed E-state index contributed by atoms with van der Waals surface area (Å²) in [6.07, 6.45) is 4.19. The number of nitrogens with zero attached hydrogens (tertiary/aromatic N) is 2. The molecule has 1 fully saturated rings. The fourth-order valence-electron chi connectivity index (χ4n) is 4.04. The van der Waals surface area contributed by atoms with Crippen molar-refractivity contribution in [3.05, 3.63) is 102 Å². The second-order valence-corrected chi connectivity index (χ2v) is 7.95. The summed E-state index contributed by atoms with van der Waals surface area (Å²) in [6.45, 7) is 2.51. The minimum Gasteiger partial charge on any atom is -0.351 e. The molecular weight excluding hydrogens is 391 g/mol. The number of carbonyl (C=O) groups is 1. The van der Waals surface area contributed by atoms with Crippen LogP contribution < -0.4 is 10.6 Å². The lowest BCUT2D eigenvalue weighted by atomic mass is 10.1. The van der Waals surface area contributed by atoms with Crippen LogP contribution in [0.3, 0.4) is 0 Å². The lowest BCUT2D eigenvalue weighted by Gasteiger charge is -2.23. The molecule has 1 aliphatic heterocycles. The highest BCUT2D eigenvalue weighted by Gasteiger charge is 2.36. The molecule has 2 N–H and O–H groups in total. The molecule has 0 bridgehead atoms. The maximum Gasteiger partial charge on any atom is 0.237 e. The van der Waals surface area contributed by atoms with Crippen LogP contribution in [0.4, 0.5) is 4.39 Å². The molecule has 0 spiro atoms. The topological polar surface area (TPSA) is 57.3 Å². The first-order valence-corrected chi connectivity index (χ1v) is 10.6. The Hall–Kier alpha value is -3.09. The molecule has 4 rings (SSSR count). The van der Waals surface area contributed by atoms with Crippen molar-refractivity contribution in [2.45, 2.75) is 38.1 Å². The van der Waals surface area contributed by atoms with Gasteiger partial charge in [0.15, 0.2) is 0 Å². The molecule has 6 heteroatoms. The maximum absolute atomic E-state index is 13.5. The van der Waals surface area contributed by atoms with Gasteiger partial charge in [-0.25, -0.2) is 4.39 Å². The minimum atomic E-state index is -0.232. The van der Waals surface area contributed by atoms with Crippen molar-refractivity contribution in [3.8, 4) is 0 Å². The van der Waals surface area contributed by atoms with E-state index in [-0.39, 0.29) is 23.8 Å². The van der Waals surface area contributed by atoms with E-state index in [2.05, 4.69) is 32.7 Å². The molecule has 1 aromatic heterocycles. The molecular formula is C25H27FN4O. The fourth-order valence-corrected chi connectivity index (χ4v) is 4.04. The van der Waals surface area contributed by atoms with Gasteiger partial charge in [0, 0.05) is 44.6 Å². The van der Waals surface area contributed by atoms with Crippen LogP contribution in [-0.4, -0.2) is 34.4 Å². The van der Waals surface area contributed by atoms with Gasteiger partial charge in [-0.2, -0.15) is 0 Å². The predicted octanol–water partition coefficient (Wildman–Crippen LogP) is 3.27. The molecule has 1 amide bonds. The average Bonchev–Trinajstić information content (AvgIpc) is 3.20. The summed E-state index contributed by atoms with van der Waals surface area (Å²) in [5.74, 6) is -0.209. The molecule has 2 heterocycles. The van der Waals surface area contributed by atoms with Gasteiger partial charge in [-0.05, 0) is 41.3 Å². The third-order valence-electron chi connectivity index (χ3n) is 5.61. The van der Waals surface area contributed by atoms with E-state index in [1.54, 1.807) is 24.5 Å². The van der Waals surface area contributed by atoms with Crippen LogP contribution in [0.15, 0.2) is 79.1 Å². The number of halogens is 1. The quantitative estimate of drug-likeness (QED) is 0.590. The van der Waals surface area contributed by atoms with Gasteiger partial charge in [0.05, 0.1) is 6.04 Å². The monoisotopic (exact) mass is 418 g/mol. The molecule has 160 valence electrons. The first-order chi connectivity index (χ1) is 15.2. The van der Waals surface area contributed by atoms with Crippen LogP contribution >= 0.6 is 0 Å². The molecule has 0 aliphatic carbocycles. The number of likely N-dealkylation sites (tertiary alicyclic amines) is 1. The fraction of sp³-hybridized carbons (Fsp3) is 0.280. The van der Waals surface area contributed by atoms with Crippen LogP contribution in [0.25, 0.3) is 0 Å². The van der Waals surface area contributed by atoms with E-state index in [4.69, 9.17) is 0 Å². The molecule has 0 radical (unpaired) electrons. The lowest BCUT2D eigenvalue weighted by molar-refractivity contribution is -0.125. The normalized spacial score (nSPS) is 18.7. The number of rotatable bonds is 8. The Kier molecular flexibility index (Phi) is 7.02. The van der Waals surface area contributed by atoms with Crippen LogP contribution in [0, 0.1) is 5.82 Å². The molecule has 1 aliphatic rings. The average molecular weight is 419 g/mol. The SMILES string of the molecule is O=C(NCc1cccnc1)[C@@H]1C[C@H](NCc2cccc(F)c2)CN1Cc1ccccc1. The van der Waals surface area contributed by atoms with Crippen LogP contribution in [-0.2, 0) is 24.4 Å². The first kappa shape index (κ1) is 21.2. The van der Waals surface area contributed by atoms with E-state index in [0.717, 1.165) is 17.7 Å². The number of nitrogens with one attached hydrogen (secondary N) is 2. The lowest BCUT2D eigenvalue weighted by Crippen LogP contribution is -2.42. The number of pyridine rings is 1. The van der Waals surface area contributed by atoms with E-state index < -0.39 is 0 Å². The summed E-state index contributed by atoms with van der Waals surface area (Å²) >= 11 is 0. The molecule has 2 atom stereocenters. The molecule has 0 saturated carbocycles. The van der Waals surface area contributed by atoms with Crippen LogP contribution in [0.1, 0.15) is 23.1 Å². The van der Waals surface area contributed by atoms with Gasteiger partial charge in [0.2, 0.25) is 5.91 Å². The zero-order chi connectivity index (χ0) is 21.5. The third-order valence-corrected chi connectivity index (χ3v) is 5.61. The Morgan fingerprint density at radius 2 is 1.81 bits per heavy atom. The highest BCUT2D eigenvalue weighted by atomic mass is 19.1. The first-order valence-electron chi connectivity index (χ1n) is 10.6. The van der Waals surface area contributed by atoms with Crippen LogP contribution in [0.2, 0.25) is 0 Å². The third kappa shape index (κ3) is 5.96. The highest BCUT2D eigenvalue weighted by Crippen LogP contribution is 2.22. The molecule has 2 aromatic carbocycles. The van der Waals surface area contributed by atoms with Crippen molar-refractivity contribution < 1.29 is 9.18 Å². The zero-order valence-electron chi connectivity index (χ0n) is 17.4. The van der Waals surface area contributed by atoms with Crippen molar-refractivity contribution in [2.24, 2.45) is 0 Å². The second kappa shape index (κ2) is 10.3. The summed E-state index contributed by atoms with van der Waals surface area (Å²) < 4.78 is 13.5. The molecule has 3 aromatic rings. The maximum atomic E-state index is 13.5. The number of carbonyl (C=O) groups excluding carboxylic acids is 1. The largest absolute Gasteiger partial charge is 0.351 e. The Morgan fingerprint density at radius 1 is 1.00 bits per heavy atom. The number of benzene rings is 2. The number of hydrogen-bond donors (Lipinski definition) is 2. The van der Waals surface area contributed by atoms with Crippen molar-refractivity contribution in [3.63, 3.8) is 0 Å². The Labute approximate surface area is 182 Å². The van der Waals surface area contributed by atoms with E-state index in [9.17, 15) is 9.18 Å². The van der Waals surface area contributed by atoms with Crippen molar-refractivity contribution in [2.75, 3.05) is 6.54 Å². The van der Waals surface area contributed by atoms with Gasteiger partial charge in [0.25, 0.3) is 0 Å². The predicted molar refractivity (Wildman–Crippen MR) is 118 cm³/mol. The number of amides is 1. The summed E-state index contributed by atoms with van der Waals surface area (Å²) in [7, 11) is 0. The molecule has 31 heavy (non-hydrogen) atoms. The van der Waals surface area contributed by atoms with Gasteiger partial charge < -0.3 is 10.6 Å². The Bertz CT molecular complexity index is 983. The molecule has 5 nitrogen and oxygen atoms in total. The summed E-state index contributed by atoms with van der Waals surface area (Å²) in [4.78, 5) is 19.4. The van der Waals surface area contributed by atoms with Gasteiger partial charge >= 0.3 is 0 Å². The van der Waals surface area contributed by atoms with Crippen molar-refractivity contribution in [1.82, 2.24) is 20.5 Å². The van der Waals surface area contributed by atoms with Gasteiger partial charge in [-0.3, -0.25) is 14.7 Å². The highest BCUT2D eigenvalue weighted by molar-refractivity contribution is 5.82. The summed E-state index contributed by atoms with van der Waals surface area (Å²) in [5, 5.41) is 6.56. The van der Waals surface area contributed by atoms with Crippen molar-refractivity contribution in [1.29, 1.82) is 0 Å². The smallest absolute Gasteiger partial charge is 0.237 e. The summed E-state index contributed by atoms with van der Waals surface area (Å²) in [6, 6.07) is 20.6. The molecule has 1 saturated heterocycles. The summed E-state index contributed by atoms with van der Waals surface area (Å²) in [5.41, 5.74) is 3.06. The Balaban J connectivity index is 1.40. The van der Waals surface area contributed by atoms with Gasteiger partial charge in [-0.15, -0.1) is 0 Å². The molecule has 0 unspecified atom stereocenters. The standard InChI is InChI=1S/C25H27FN4O/c26-22-10-4-8-20(12-22)15-28-23-13-24(25(31)29-16-21-9-5-11-27-14-21)30(18-23)17-19-6-2-1-3-7-19/h1-12,14,23-24,28H,13,15-18H2,(H,29,31)/t23-,24-/m0/s1. The zero-order valence-corrected chi connectivity index (χ0v) is 17.4. The van der Waals surface area contributed by atoms with E-state index in [1.807, 2.05) is 36.4 Å². The number of aromatic nitrogens is 1. The van der Waals surface area contributed by atoms with Crippen molar-refractivity contribution >= 4 is 5.91 Å². The van der Waals surface area contributed by atoms with Gasteiger partial charge in [-0.1, -0.05) is 48.5 Å². The second-order valence-electron chi connectivity index (χ2n) is 7.95. The Morgan fingerprint density at radius 3 is 2.58 bits per heavy atom. The van der Waals surface area contributed by atoms with E-state index in [0.29, 0.717) is 26.1 Å². The van der Waals surface area contributed by atoms with E-state index >= 15 is 0 Å². The van der Waals surface area contributed by atoms with Crippen LogP contribution in [0.5, 0.6) is 0 Å².